The summed E-state index contributed by atoms with van der Waals surface area (Å²) in [5.41, 5.74) is 0. The smallest absolute Gasteiger partial charge is 0.387 e. The average Bonchev–Trinajstić information content (AvgIpc) is 1.99. The summed E-state index contributed by atoms with van der Waals surface area (Å²) < 4.78 is 61.7. The molecule has 1 aromatic carbocycles. The van der Waals surface area contributed by atoms with Crippen LogP contribution in [0.25, 0.3) is 0 Å². The molecular formula is C7H4ClF3O3S. The Bertz CT molecular complexity index is 461. The number of rotatable bonds is 3. The van der Waals surface area contributed by atoms with Crippen LogP contribution in [0.4, 0.5) is 13.2 Å². The molecule has 0 radical (unpaired) electrons. The third kappa shape index (κ3) is 3.28. The molecule has 15 heavy (non-hydrogen) atoms. The minimum atomic E-state index is -4.22. The first kappa shape index (κ1) is 12.1. The van der Waals surface area contributed by atoms with Crippen LogP contribution >= 0.6 is 10.7 Å². The van der Waals surface area contributed by atoms with Crippen molar-refractivity contribution >= 4 is 19.7 Å². The van der Waals surface area contributed by atoms with Gasteiger partial charge in [-0.2, -0.15) is 8.78 Å². The van der Waals surface area contributed by atoms with Crippen LogP contribution in [-0.4, -0.2) is 15.0 Å². The second kappa shape index (κ2) is 4.28. The Morgan fingerprint density at radius 2 is 1.93 bits per heavy atom. The second-order valence-electron chi connectivity index (χ2n) is 2.41. The van der Waals surface area contributed by atoms with Gasteiger partial charge >= 0.3 is 6.61 Å². The molecule has 0 aliphatic heterocycles. The quantitative estimate of drug-likeness (QED) is 0.784. The molecular weight excluding hydrogens is 257 g/mol. The minimum absolute atomic E-state index is 0.480. The van der Waals surface area contributed by atoms with Crippen LogP contribution in [0, 0.1) is 5.82 Å². The van der Waals surface area contributed by atoms with Gasteiger partial charge in [0.05, 0.1) is 0 Å². The first-order chi connectivity index (χ1) is 6.80. The van der Waals surface area contributed by atoms with Crippen LogP contribution in [0.3, 0.4) is 0 Å². The topological polar surface area (TPSA) is 43.4 Å². The highest BCUT2D eigenvalue weighted by Crippen LogP contribution is 2.24. The van der Waals surface area contributed by atoms with Crippen LogP contribution < -0.4 is 4.74 Å². The molecule has 0 atom stereocenters. The van der Waals surface area contributed by atoms with Gasteiger partial charge in [-0.3, -0.25) is 0 Å². The van der Waals surface area contributed by atoms with E-state index < -0.39 is 32.1 Å². The summed E-state index contributed by atoms with van der Waals surface area (Å²) in [4.78, 5) is -0.786. The highest BCUT2D eigenvalue weighted by molar-refractivity contribution is 8.13. The molecule has 0 aliphatic carbocycles. The first-order valence-corrected chi connectivity index (χ1v) is 5.80. The molecule has 0 N–H and O–H groups in total. The fourth-order valence-electron chi connectivity index (χ4n) is 0.855. The van der Waals surface area contributed by atoms with E-state index in [4.69, 9.17) is 10.7 Å². The largest absolute Gasteiger partial charge is 0.435 e. The predicted octanol–water partition coefficient (Wildman–Crippen LogP) is 2.35. The molecule has 0 bridgehead atoms. The highest BCUT2D eigenvalue weighted by atomic mass is 35.7. The number of hydrogen-bond acceptors (Lipinski definition) is 3. The van der Waals surface area contributed by atoms with Gasteiger partial charge in [0, 0.05) is 16.7 Å². The van der Waals surface area contributed by atoms with Crippen molar-refractivity contribution in [3.63, 3.8) is 0 Å². The average molecular weight is 261 g/mol. The number of halogens is 4. The molecule has 0 saturated carbocycles. The molecule has 0 fully saturated rings. The molecule has 0 saturated heterocycles. The summed E-state index contributed by atoms with van der Waals surface area (Å²) in [6.07, 6.45) is 0. The molecule has 1 rings (SSSR count). The number of benzene rings is 1. The Morgan fingerprint density at radius 3 is 2.33 bits per heavy atom. The molecule has 0 spiro atoms. The van der Waals surface area contributed by atoms with Crippen molar-refractivity contribution in [2.75, 3.05) is 0 Å². The first-order valence-electron chi connectivity index (χ1n) is 3.50. The summed E-state index contributed by atoms with van der Waals surface area (Å²) >= 11 is 0. The fraction of sp³-hybridized carbons (Fsp3) is 0.143. The second-order valence-corrected chi connectivity index (χ2v) is 4.94. The van der Waals surface area contributed by atoms with Crippen LogP contribution in [-0.2, 0) is 9.05 Å². The summed E-state index contributed by atoms with van der Waals surface area (Å²) in [5.74, 6) is -1.73. The van der Waals surface area contributed by atoms with Crippen molar-refractivity contribution in [3.8, 4) is 5.75 Å². The summed E-state index contributed by atoms with van der Waals surface area (Å²) in [6.45, 7) is -3.11. The molecule has 0 unspecified atom stereocenters. The van der Waals surface area contributed by atoms with E-state index >= 15 is 0 Å². The number of hydrogen-bond donors (Lipinski definition) is 0. The Morgan fingerprint density at radius 1 is 1.33 bits per heavy atom. The SMILES string of the molecule is O=S(=O)(Cl)c1ccc(OC(F)F)cc1F. The van der Waals surface area contributed by atoms with Crippen LogP contribution in [0.1, 0.15) is 0 Å². The normalized spacial score (nSPS) is 11.8. The van der Waals surface area contributed by atoms with Gasteiger partial charge in [0.25, 0.3) is 9.05 Å². The highest BCUT2D eigenvalue weighted by Gasteiger charge is 2.17. The molecule has 0 aromatic heterocycles. The molecule has 0 amide bonds. The number of alkyl halides is 2. The van der Waals surface area contributed by atoms with Crippen LogP contribution in [0.15, 0.2) is 23.1 Å². The van der Waals surface area contributed by atoms with Crippen molar-refractivity contribution in [3.05, 3.63) is 24.0 Å². The van der Waals surface area contributed by atoms with E-state index in [1.807, 2.05) is 0 Å². The van der Waals surface area contributed by atoms with E-state index in [0.29, 0.717) is 6.07 Å². The summed E-state index contributed by atoms with van der Waals surface area (Å²) in [7, 11) is 0.641. The lowest BCUT2D eigenvalue weighted by atomic mass is 10.3. The van der Waals surface area contributed by atoms with Gasteiger partial charge in [-0.05, 0) is 12.1 Å². The Balaban J connectivity index is 3.09. The summed E-state index contributed by atoms with van der Waals surface area (Å²) in [5, 5.41) is 0. The maximum absolute atomic E-state index is 13.0. The molecule has 8 heteroatoms. The standard InChI is InChI=1S/C7H4ClF3O3S/c8-15(12,13)6-2-1-4(3-5(6)9)14-7(10)11/h1-3,7H. The Labute approximate surface area is 87.8 Å². The van der Waals surface area contributed by atoms with Crippen molar-refractivity contribution < 1.29 is 26.3 Å². The minimum Gasteiger partial charge on any atom is -0.435 e. The number of ether oxygens (including phenoxy) is 1. The lowest BCUT2D eigenvalue weighted by Gasteiger charge is -2.05. The van der Waals surface area contributed by atoms with Crippen LogP contribution in [0.5, 0.6) is 5.75 Å². The molecule has 3 nitrogen and oxygen atoms in total. The monoisotopic (exact) mass is 260 g/mol. The lowest BCUT2D eigenvalue weighted by molar-refractivity contribution is -0.0500. The van der Waals surface area contributed by atoms with E-state index in [9.17, 15) is 21.6 Å². The molecule has 0 heterocycles. The van der Waals surface area contributed by atoms with Gasteiger partial charge < -0.3 is 4.74 Å². The van der Waals surface area contributed by atoms with Gasteiger partial charge in [-0.25, -0.2) is 12.8 Å². The Hall–Kier alpha value is -0.950. The van der Waals surface area contributed by atoms with E-state index in [1.54, 1.807) is 0 Å². The van der Waals surface area contributed by atoms with E-state index in [0.717, 1.165) is 12.1 Å². The maximum atomic E-state index is 13.0. The van der Waals surface area contributed by atoms with Crippen molar-refractivity contribution in [2.24, 2.45) is 0 Å². The molecule has 1 aromatic rings. The lowest BCUT2D eigenvalue weighted by Crippen LogP contribution is -2.03. The fourth-order valence-corrected chi connectivity index (χ4v) is 1.75. The van der Waals surface area contributed by atoms with Gasteiger partial charge in [0.15, 0.2) is 0 Å². The van der Waals surface area contributed by atoms with E-state index in [2.05, 4.69) is 4.74 Å². The van der Waals surface area contributed by atoms with Gasteiger partial charge in [0.1, 0.15) is 16.5 Å². The van der Waals surface area contributed by atoms with Gasteiger partial charge in [-0.1, -0.05) is 0 Å². The zero-order chi connectivity index (χ0) is 11.6. The molecule has 0 aliphatic rings. The maximum Gasteiger partial charge on any atom is 0.387 e. The zero-order valence-corrected chi connectivity index (χ0v) is 8.53. The van der Waals surface area contributed by atoms with Gasteiger partial charge in [-0.15, -0.1) is 0 Å². The third-order valence-corrected chi connectivity index (χ3v) is 2.75. The van der Waals surface area contributed by atoms with Crippen LogP contribution in [0.2, 0.25) is 0 Å². The Kier molecular flexibility index (Phi) is 3.46. The van der Waals surface area contributed by atoms with Crippen molar-refractivity contribution in [1.82, 2.24) is 0 Å². The predicted molar refractivity (Wildman–Crippen MR) is 46.1 cm³/mol. The van der Waals surface area contributed by atoms with Crippen molar-refractivity contribution in [2.45, 2.75) is 11.5 Å². The van der Waals surface area contributed by atoms with Crippen molar-refractivity contribution in [1.29, 1.82) is 0 Å². The molecule has 84 valence electrons. The van der Waals surface area contributed by atoms with Gasteiger partial charge in [0.2, 0.25) is 0 Å². The summed E-state index contributed by atoms with van der Waals surface area (Å²) in [6, 6.07) is 2.14. The third-order valence-electron chi connectivity index (χ3n) is 1.39. The van der Waals surface area contributed by atoms with E-state index in [1.165, 1.54) is 0 Å². The van der Waals surface area contributed by atoms with E-state index in [-0.39, 0.29) is 0 Å². The zero-order valence-electron chi connectivity index (χ0n) is 6.95.